The quantitative estimate of drug-likeness (QED) is 0.812. The molecule has 2 aromatic rings. The van der Waals surface area contributed by atoms with Crippen molar-refractivity contribution in [1.29, 1.82) is 0 Å². The molecule has 2 aromatic heterocycles. The molecule has 4 heterocycles. The fourth-order valence-corrected chi connectivity index (χ4v) is 3.47. The Morgan fingerprint density at radius 3 is 3.00 bits per heavy atom. The number of carbonyl (C=O) groups excluding carboxylic acids is 1. The lowest BCUT2D eigenvalue weighted by molar-refractivity contribution is -0.133. The van der Waals surface area contributed by atoms with Crippen molar-refractivity contribution in [2.75, 3.05) is 39.3 Å². The molecule has 0 aliphatic carbocycles. The highest BCUT2D eigenvalue weighted by atomic mass is 16.5. The van der Waals surface area contributed by atoms with Gasteiger partial charge in [-0.25, -0.2) is 4.98 Å². The van der Waals surface area contributed by atoms with Crippen LogP contribution >= 0.6 is 0 Å². The summed E-state index contributed by atoms with van der Waals surface area (Å²) >= 11 is 0. The molecule has 1 unspecified atom stereocenters. The van der Waals surface area contributed by atoms with Crippen LogP contribution in [0, 0.1) is 6.92 Å². The molecule has 0 spiro atoms. The molecule has 8 heteroatoms. The Morgan fingerprint density at radius 2 is 2.17 bits per heavy atom. The van der Waals surface area contributed by atoms with Crippen LogP contribution in [0.2, 0.25) is 0 Å². The second-order valence-electron chi connectivity index (χ2n) is 6.48. The number of aromatic nitrogens is 4. The molecule has 128 valence electrons. The van der Waals surface area contributed by atoms with Gasteiger partial charge in [-0.3, -0.25) is 9.69 Å². The zero-order valence-corrected chi connectivity index (χ0v) is 13.9. The molecule has 2 fully saturated rings. The van der Waals surface area contributed by atoms with Crippen LogP contribution in [-0.4, -0.2) is 74.6 Å². The van der Waals surface area contributed by atoms with E-state index in [-0.39, 0.29) is 12.0 Å². The third-order valence-electron chi connectivity index (χ3n) is 4.71. The Hall–Kier alpha value is -2.06. The van der Waals surface area contributed by atoms with E-state index >= 15 is 0 Å². The minimum Gasteiger partial charge on any atom is -0.369 e. The number of aryl methyl sites for hydroxylation is 1. The largest absolute Gasteiger partial charge is 0.369 e. The van der Waals surface area contributed by atoms with Crippen LogP contribution in [0.5, 0.6) is 0 Å². The molecule has 24 heavy (non-hydrogen) atoms. The van der Waals surface area contributed by atoms with Crippen LogP contribution in [0.3, 0.4) is 0 Å². The first-order valence-corrected chi connectivity index (χ1v) is 8.50. The van der Waals surface area contributed by atoms with Crippen LogP contribution in [0.4, 0.5) is 0 Å². The smallest absolute Gasteiger partial charge is 0.252 e. The molecule has 1 atom stereocenters. The van der Waals surface area contributed by atoms with Crippen LogP contribution < -0.4 is 0 Å². The first kappa shape index (κ1) is 15.5. The van der Waals surface area contributed by atoms with E-state index < -0.39 is 0 Å². The third kappa shape index (κ3) is 2.99. The number of hydrogen-bond acceptors (Lipinski definition) is 6. The third-order valence-corrected chi connectivity index (χ3v) is 4.71. The number of fused-ring (bicyclic) bond motifs is 1. The van der Waals surface area contributed by atoms with Crippen LogP contribution in [0.1, 0.15) is 30.3 Å². The van der Waals surface area contributed by atoms with Crippen molar-refractivity contribution in [2.24, 2.45) is 0 Å². The van der Waals surface area contributed by atoms with Gasteiger partial charge in [0.1, 0.15) is 12.4 Å². The summed E-state index contributed by atoms with van der Waals surface area (Å²) in [7, 11) is 0. The molecule has 8 nitrogen and oxygen atoms in total. The van der Waals surface area contributed by atoms with Gasteiger partial charge in [-0.1, -0.05) is 0 Å². The monoisotopic (exact) mass is 330 g/mol. The topological polar surface area (TPSA) is 75.9 Å². The number of nitrogens with zero attached hydrogens (tertiary/aromatic N) is 6. The maximum Gasteiger partial charge on any atom is 0.252 e. The van der Waals surface area contributed by atoms with E-state index in [0.29, 0.717) is 25.5 Å². The average Bonchev–Trinajstić information content (AvgIpc) is 3.25. The summed E-state index contributed by atoms with van der Waals surface area (Å²) in [5, 5.41) is 4.25. The van der Waals surface area contributed by atoms with Crippen molar-refractivity contribution in [3.05, 3.63) is 23.8 Å². The first-order chi connectivity index (χ1) is 11.7. The van der Waals surface area contributed by atoms with Gasteiger partial charge in [-0.05, 0) is 25.8 Å². The molecule has 0 aromatic carbocycles. The molecule has 4 rings (SSSR count). The van der Waals surface area contributed by atoms with Crippen molar-refractivity contribution < 1.29 is 9.53 Å². The molecule has 2 aliphatic heterocycles. The van der Waals surface area contributed by atoms with Gasteiger partial charge in [-0.15, -0.1) is 0 Å². The fraction of sp³-hybridized carbons (Fsp3) is 0.625. The van der Waals surface area contributed by atoms with Gasteiger partial charge in [0.25, 0.3) is 5.78 Å². The number of rotatable bonds is 3. The predicted octanol–water partition coefficient (Wildman–Crippen LogP) is 0.428. The average molecular weight is 330 g/mol. The van der Waals surface area contributed by atoms with Crippen molar-refractivity contribution in [2.45, 2.75) is 25.9 Å². The molecular formula is C16H22N6O2. The Balaban J connectivity index is 1.49. The normalized spacial score (nSPS) is 22.4. The van der Waals surface area contributed by atoms with E-state index in [0.717, 1.165) is 43.9 Å². The number of morpholine rings is 1. The summed E-state index contributed by atoms with van der Waals surface area (Å²) in [6, 6.07) is 1.98. The number of carbonyl (C=O) groups is 1. The minimum atomic E-state index is -0.129. The molecule has 0 saturated carbocycles. The van der Waals surface area contributed by atoms with Crippen LogP contribution in [0.25, 0.3) is 5.78 Å². The molecule has 2 saturated heterocycles. The van der Waals surface area contributed by atoms with Crippen molar-refractivity contribution in [3.8, 4) is 0 Å². The molecule has 0 N–H and O–H groups in total. The van der Waals surface area contributed by atoms with Crippen molar-refractivity contribution >= 4 is 11.7 Å². The first-order valence-electron chi connectivity index (χ1n) is 8.50. The standard InChI is InChI=1S/C16H22N6O2/c1-12-8-13(22-16(19-12)17-11-18-22)14-9-20(6-7-24-14)10-15(23)21-4-2-3-5-21/h8,11,14H,2-7,9-10H2,1H3. The summed E-state index contributed by atoms with van der Waals surface area (Å²) in [4.78, 5) is 25.1. The Bertz CT molecular complexity index is 739. The number of amides is 1. The van der Waals surface area contributed by atoms with E-state index in [9.17, 15) is 4.79 Å². The maximum absolute atomic E-state index is 12.4. The summed E-state index contributed by atoms with van der Waals surface area (Å²) < 4.78 is 7.68. The van der Waals surface area contributed by atoms with Gasteiger partial charge in [0.15, 0.2) is 0 Å². The highest BCUT2D eigenvalue weighted by Gasteiger charge is 2.28. The molecule has 2 aliphatic rings. The predicted molar refractivity (Wildman–Crippen MR) is 86.5 cm³/mol. The lowest BCUT2D eigenvalue weighted by atomic mass is 10.1. The van der Waals surface area contributed by atoms with E-state index in [2.05, 4.69) is 20.0 Å². The second-order valence-corrected chi connectivity index (χ2v) is 6.48. The van der Waals surface area contributed by atoms with Gasteiger partial charge >= 0.3 is 0 Å². The molecule has 0 radical (unpaired) electrons. The lowest BCUT2D eigenvalue weighted by Gasteiger charge is -2.33. The van der Waals surface area contributed by atoms with Crippen LogP contribution in [-0.2, 0) is 9.53 Å². The second kappa shape index (κ2) is 6.45. The fourth-order valence-electron chi connectivity index (χ4n) is 3.47. The van der Waals surface area contributed by atoms with Gasteiger partial charge in [0.2, 0.25) is 5.91 Å². The summed E-state index contributed by atoms with van der Waals surface area (Å²) in [5.41, 5.74) is 1.83. The van der Waals surface area contributed by atoms with Gasteiger partial charge in [0, 0.05) is 31.9 Å². The zero-order chi connectivity index (χ0) is 16.5. The van der Waals surface area contributed by atoms with Crippen molar-refractivity contribution in [3.63, 3.8) is 0 Å². The van der Waals surface area contributed by atoms with Gasteiger partial charge in [0.05, 0.1) is 18.8 Å². The Labute approximate surface area is 140 Å². The lowest BCUT2D eigenvalue weighted by Crippen LogP contribution is -2.45. The molecule has 1 amide bonds. The van der Waals surface area contributed by atoms with E-state index in [1.165, 1.54) is 6.33 Å². The van der Waals surface area contributed by atoms with Gasteiger partial charge in [-0.2, -0.15) is 14.6 Å². The summed E-state index contributed by atoms with van der Waals surface area (Å²) in [6.45, 7) is 6.26. The van der Waals surface area contributed by atoms with E-state index in [1.807, 2.05) is 17.9 Å². The Kier molecular flexibility index (Phi) is 4.15. The number of hydrogen-bond donors (Lipinski definition) is 0. The van der Waals surface area contributed by atoms with Crippen molar-refractivity contribution in [1.82, 2.24) is 29.4 Å². The SMILES string of the molecule is Cc1cc(C2CN(CC(=O)N3CCCC3)CCO2)n2ncnc2n1. The summed E-state index contributed by atoms with van der Waals surface area (Å²) in [5.74, 6) is 0.809. The van der Waals surface area contributed by atoms with E-state index in [1.54, 1.807) is 4.52 Å². The molecular weight excluding hydrogens is 308 g/mol. The minimum absolute atomic E-state index is 0.129. The highest BCUT2D eigenvalue weighted by molar-refractivity contribution is 5.78. The van der Waals surface area contributed by atoms with Crippen LogP contribution in [0.15, 0.2) is 12.4 Å². The van der Waals surface area contributed by atoms with E-state index in [4.69, 9.17) is 4.74 Å². The Morgan fingerprint density at radius 1 is 1.33 bits per heavy atom. The number of likely N-dealkylation sites (tertiary alicyclic amines) is 1. The summed E-state index contributed by atoms with van der Waals surface area (Å²) in [6.07, 6.45) is 3.62. The highest BCUT2D eigenvalue weighted by Crippen LogP contribution is 2.23. The van der Waals surface area contributed by atoms with Gasteiger partial charge < -0.3 is 9.64 Å². The number of ether oxygens (including phenoxy) is 1. The molecule has 0 bridgehead atoms. The zero-order valence-electron chi connectivity index (χ0n) is 13.9. The maximum atomic E-state index is 12.4.